The highest BCUT2D eigenvalue weighted by Gasteiger charge is 2.25. The van der Waals surface area contributed by atoms with Gasteiger partial charge in [-0.1, -0.05) is 44.2 Å². The van der Waals surface area contributed by atoms with Crippen LogP contribution in [0.15, 0.2) is 30.3 Å². The van der Waals surface area contributed by atoms with Gasteiger partial charge in [0.2, 0.25) is 0 Å². The molecule has 0 amide bonds. The third-order valence-electron chi connectivity index (χ3n) is 3.19. The molecule has 0 bridgehead atoms. The highest BCUT2D eigenvalue weighted by atomic mass is 19.4. The molecule has 0 heterocycles. The Morgan fingerprint density at radius 1 is 1.05 bits per heavy atom. The third kappa shape index (κ3) is 7.53. The smallest absolute Gasteiger partial charge is 0.310 e. The first kappa shape index (κ1) is 17.0. The maximum Gasteiger partial charge on any atom is 0.389 e. The molecule has 1 nitrogen and oxygen atoms in total. The van der Waals surface area contributed by atoms with Gasteiger partial charge in [-0.15, -0.1) is 0 Å². The number of alkyl halides is 3. The van der Waals surface area contributed by atoms with Gasteiger partial charge in [-0.25, -0.2) is 0 Å². The predicted molar refractivity (Wildman–Crippen MR) is 76.5 cm³/mol. The second-order valence-corrected chi connectivity index (χ2v) is 5.62. The Bertz CT molecular complexity index is 360. The van der Waals surface area contributed by atoms with Crippen LogP contribution in [0.1, 0.15) is 51.1 Å². The summed E-state index contributed by atoms with van der Waals surface area (Å²) in [5, 5.41) is 3.39. The van der Waals surface area contributed by atoms with Crippen molar-refractivity contribution in [3.8, 4) is 0 Å². The van der Waals surface area contributed by atoms with Gasteiger partial charge in [-0.2, -0.15) is 13.2 Å². The Kier molecular flexibility index (Phi) is 7.06. The summed E-state index contributed by atoms with van der Waals surface area (Å²) in [7, 11) is 0. The number of halogens is 3. The SMILES string of the molecule is CC(C)CC(NCCCCC(F)(F)F)c1ccccc1. The molecule has 0 aromatic heterocycles. The van der Waals surface area contributed by atoms with Gasteiger partial charge >= 0.3 is 6.18 Å². The number of benzene rings is 1. The van der Waals surface area contributed by atoms with Crippen LogP contribution >= 0.6 is 0 Å². The van der Waals surface area contributed by atoms with Crippen molar-refractivity contribution in [3.05, 3.63) is 35.9 Å². The van der Waals surface area contributed by atoms with E-state index in [1.165, 1.54) is 5.56 Å². The lowest BCUT2D eigenvalue weighted by molar-refractivity contribution is -0.135. The van der Waals surface area contributed by atoms with Crippen LogP contribution in [-0.2, 0) is 0 Å². The average molecular weight is 287 g/mol. The molecule has 4 heteroatoms. The lowest BCUT2D eigenvalue weighted by Crippen LogP contribution is -2.24. The minimum atomic E-state index is -4.03. The maximum atomic E-state index is 12.1. The standard InChI is InChI=1S/C16H24F3N/c1-13(2)12-15(14-8-4-3-5-9-14)20-11-7-6-10-16(17,18)19/h3-5,8-9,13,15,20H,6-7,10-12H2,1-2H3. The normalized spacial score (nSPS) is 13.7. The molecular weight excluding hydrogens is 263 g/mol. The van der Waals surface area contributed by atoms with Gasteiger partial charge in [0.15, 0.2) is 0 Å². The molecule has 1 aromatic carbocycles. The lowest BCUT2D eigenvalue weighted by Gasteiger charge is -2.21. The molecule has 0 radical (unpaired) electrons. The molecule has 0 saturated carbocycles. The van der Waals surface area contributed by atoms with E-state index in [1.807, 2.05) is 18.2 Å². The summed E-state index contributed by atoms with van der Waals surface area (Å²) in [5.41, 5.74) is 1.21. The molecule has 0 fully saturated rings. The van der Waals surface area contributed by atoms with E-state index < -0.39 is 12.6 Å². The van der Waals surface area contributed by atoms with Gasteiger partial charge in [0.25, 0.3) is 0 Å². The van der Waals surface area contributed by atoms with E-state index in [4.69, 9.17) is 0 Å². The van der Waals surface area contributed by atoms with Crippen molar-refractivity contribution >= 4 is 0 Å². The van der Waals surface area contributed by atoms with Crippen molar-refractivity contribution in [2.24, 2.45) is 5.92 Å². The summed E-state index contributed by atoms with van der Waals surface area (Å²) in [6, 6.07) is 10.3. The molecule has 20 heavy (non-hydrogen) atoms. The zero-order chi connectivity index (χ0) is 15.0. The summed E-state index contributed by atoms with van der Waals surface area (Å²) in [4.78, 5) is 0. The van der Waals surface area contributed by atoms with Crippen LogP contribution < -0.4 is 5.32 Å². The summed E-state index contributed by atoms with van der Waals surface area (Å²) in [6.45, 7) is 4.94. The zero-order valence-corrected chi connectivity index (χ0v) is 12.2. The third-order valence-corrected chi connectivity index (χ3v) is 3.19. The molecule has 1 atom stereocenters. The van der Waals surface area contributed by atoms with E-state index >= 15 is 0 Å². The summed E-state index contributed by atoms with van der Waals surface area (Å²) >= 11 is 0. The fraction of sp³-hybridized carbons (Fsp3) is 0.625. The Morgan fingerprint density at radius 3 is 2.25 bits per heavy atom. The van der Waals surface area contributed by atoms with Crippen molar-refractivity contribution in [2.75, 3.05) is 6.54 Å². The molecule has 1 unspecified atom stereocenters. The van der Waals surface area contributed by atoms with E-state index in [0.29, 0.717) is 18.9 Å². The first-order valence-electron chi connectivity index (χ1n) is 7.23. The van der Waals surface area contributed by atoms with Crippen molar-refractivity contribution in [3.63, 3.8) is 0 Å². The molecule has 1 aromatic rings. The fourth-order valence-electron chi connectivity index (χ4n) is 2.22. The highest BCUT2D eigenvalue weighted by Crippen LogP contribution is 2.23. The van der Waals surface area contributed by atoms with Gasteiger partial charge in [-0.05, 0) is 37.3 Å². The van der Waals surface area contributed by atoms with Crippen molar-refractivity contribution in [2.45, 2.75) is 51.7 Å². The number of unbranched alkanes of at least 4 members (excludes halogenated alkanes) is 1. The van der Waals surface area contributed by atoms with Crippen molar-refractivity contribution in [1.29, 1.82) is 0 Å². The number of hydrogen-bond donors (Lipinski definition) is 1. The monoisotopic (exact) mass is 287 g/mol. The van der Waals surface area contributed by atoms with Crippen LogP contribution in [-0.4, -0.2) is 12.7 Å². The van der Waals surface area contributed by atoms with Crippen LogP contribution in [0.3, 0.4) is 0 Å². The molecular formula is C16H24F3N. The Balaban J connectivity index is 2.39. The van der Waals surface area contributed by atoms with Crippen LogP contribution in [0.25, 0.3) is 0 Å². The molecule has 1 N–H and O–H groups in total. The predicted octanol–water partition coefficient (Wildman–Crippen LogP) is 5.10. The van der Waals surface area contributed by atoms with Gasteiger partial charge in [0.05, 0.1) is 0 Å². The molecule has 1 rings (SSSR count). The second kappa shape index (κ2) is 8.30. The first-order chi connectivity index (χ1) is 9.38. The lowest BCUT2D eigenvalue weighted by atomic mass is 9.97. The largest absolute Gasteiger partial charge is 0.389 e. The fourth-order valence-corrected chi connectivity index (χ4v) is 2.22. The number of hydrogen-bond acceptors (Lipinski definition) is 1. The second-order valence-electron chi connectivity index (χ2n) is 5.62. The van der Waals surface area contributed by atoms with Crippen LogP contribution in [0.5, 0.6) is 0 Å². The Hall–Kier alpha value is -1.03. The molecule has 0 aliphatic carbocycles. The van der Waals surface area contributed by atoms with E-state index in [2.05, 4.69) is 31.3 Å². The van der Waals surface area contributed by atoms with E-state index in [1.54, 1.807) is 0 Å². The quantitative estimate of drug-likeness (QED) is 0.656. The molecule has 0 spiro atoms. The van der Waals surface area contributed by atoms with Gasteiger partial charge in [-0.3, -0.25) is 0 Å². The highest BCUT2D eigenvalue weighted by molar-refractivity contribution is 5.18. The van der Waals surface area contributed by atoms with E-state index in [9.17, 15) is 13.2 Å². The van der Waals surface area contributed by atoms with E-state index in [-0.39, 0.29) is 12.5 Å². The van der Waals surface area contributed by atoms with Crippen molar-refractivity contribution in [1.82, 2.24) is 5.32 Å². The number of nitrogens with one attached hydrogen (secondary N) is 1. The summed E-state index contributed by atoms with van der Waals surface area (Å²) in [5.74, 6) is 0.544. The Labute approximate surface area is 119 Å². The average Bonchev–Trinajstić information content (AvgIpc) is 2.36. The minimum absolute atomic E-state index is 0.194. The first-order valence-corrected chi connectivity index (χ1v) is 7.23. The Morgan fingerprint density at radius 2 is 1.70 bits per heavy atom. The van der Waals surface area contributed by atoms with Gasteiger partial charge < -0.3 is 5.32 Å². The summed E-state index contributed by atoms with van der Waals surface area (Å²) < 4.78 is 36.2. The molecule has 0 aliphatic rings. The van der Waals surface area contributed by atoms with Crippen LogP contribution in [0.4, 0.5) is 13.2 Å². The molecule has 0 saturated heterocycles. The van der Waals surface area contributed by atoms with Crippen LogP contribution in [0.2, 0.25) is 0 Å². The van der Waals surface area contributed by atoms with Gasteiger partial charge in [0, 0.05) is 12.5 Å². The van der Waals surface area contributed by atoms with E-state index in [0.717, 1.165) is 6.42 Å². The van der Waals surface area contributed by atoms with Crippen LogP contribution in [0, 0.1) is 5.92 Å². The van der Waals surface area contributed by atoms with Gasteiger partial charge in [0.1, 0.15) is 0 Å². The number of rotatable bonds is 8. The van der Waals surface area contributed by atoms with Crippen molar-refractivity contribution < 1.29 is 13.2 Å². The maximum absolute atomic E-state index is 12.1. The zero-order valence-electron chi connectivity index (χ0n) is 12.2. The summed E-state index contributed by atoms with van der Waals surface area (Å²) in [6.07, 6.45) is -2.98. The molecule has 114 valence electrons. The topological polar surface area (TPSA) is 12.0 Å². The minimum Gasteiger partial charge on any atom is -0.310 e. The molecule has 0 aliphatic heterocycles.